The van der Waals surface area contributed by atoms with Crippen LogP contribution in [0.3, 0.4) is 0 Å². The third-order valence-electron chi connectivity index (χ3n) is 20.5. The molecule has 0 spiro atoms. The number of hydrogen-bond acceptors (Lipinski definition) is 22. The SMILES string of the molecule is CC(C)=CCC[C@](C)(O[C@@H]1O[C@H](CO[C@H]2OC[C@@H](O)[C@@H](O)[C@H]2O)[C@@H](O)[C@H](O)[C@H]1O)[C@H]1CC[C@]2(C)[C@@H]1[C@H](O)C[C@@H]1[C@@]3(C)CC[C@H](O[C@@H]4O[C@H](CO)[C@@H](O)[C@H](O)[C@H]4O[C@@H]4O[C@H](CO)[C@@H](O)[C@H](O)[C@H]4O)C(C)(C)[C@@H]3CC[C@]12C. The Labute approximate surface area is 439 Å². The molecule has 8 aliphatic rings. The molecule has 4 saturated heterocycles. The van der Waals surface area contributed by atoms with E-state index in [2.05, 4.69) is 40.7 Å². The molecule has 0 unspecified atom stereocenters. The number of allylic oxidation sites excluding steroid dienone is 2. The minimum absolute atomic E-state index is 0.0508. The largest absolute Gasteiger partial charge is 0.394 e. The van der Waals surface area contributed by atoms with Crippen molar-refractivity contribution in [1.29, 1.82) is 0 Å². The first-order chi connectivity index (χ1) is 35.1. The van der Waals surface area contributed by atoms with Gasteiger partial charge in [-0.2, -0.15) is 0 Å². The molecule has 22 heteroatoms. The van der Waals surface area contributed by atoms with E-state index in [1.54, 1.807) is 0 Å². The second kappa shape index (κ2) is 22.7. The van der Waals surface area contributed by atoms with Crippen LogP contribution in [0, 0.1) is 45.3 Å². The predicted molar refractivity (Wildman–Crippen MR) is 260 cm³/mol. The molecule has 0 amide bonds. The summed E-state index contributed by atoms with van der Waals surface area (Å²) in [6.07, 6.45) is -22.6. The lowest BCUT2D eigenvalue weighted by atomic mass is 9.35. The monoisotopic (exact) mass is 1080 g/mol. The van der Waals surface area contributed by atoms with Crippen LogP contribution in [-0.2, 0) is 37.9 Å². The number of aliphatic hydroxyl groups excluding tert-OH is 14. The maximum absolute atomic E-state index is 12.8. The molecule has 0 aromatic heterocycles. The fraction of sp³-hybridized carbons (Fsp3) is 0.962. The van der Waals surface area contributed by atoms with Gasteiger partial charge in [-0.15, -0.1) is 0 Å². The molecule has 0 radical (unpaired) electrons. The molecule has 8 rings (SSSR count). The van der Waals surface area contributed by atoms with E-state index in [9.17, 15) is 71.5 Å². The first-order valence-electron chi connectivity index (χ1n) is 27.3. The Morgan fingerprint density at radius 3 is 1.80 bits per heavy atom. The smallest absolute Gasteiger partial charge is 0.187 e. The minimum Gasteiger partial charge on any atom is -0.394 e. The second-order valence-corrected chi connectivity index (χ2v) is 25.3. The molecule has 4 saturated carbocycles. The molecule has 0 aromatic carbocycles. The highest BCUT2D eigenvalue weighted by Crippen LogP contribution is 2.76. The Bertz CT molecular complexity index is 1940. The van der Waals surface area contributed by atoms with Crippen molar-refractivity contribution in [3.63, 3.8) is 0 Å². The first-order valence-corrected chi connectivity index (χ1v) is 27.3. The van der Waals surface area contributed by atoms with Crippen LogP contribution < -0.4 is 0 Å². The van der Waals surface area contributed by atoms with Gasteiger partial charge >= 0.3 is 0 Å². The number of fused-ring (bicyclic) bond motifs is 5. The fourth-order valence-corrected chi connectivity index (χ4v) is 16.0. The van der Waals surface area contributed by atoms with Crippen molar-refractivity contribution in [2.45, 2.75) is 248 Å². The van der Waals surface area contributed by atoms with Gasteiger partial charge in [0.2, 0.25) is 0 Å². The number of ether oxygens (including phenoxy) is 8. The van der Waals surface area contributed by atoms with Gasteiger partial charge in [-0.1, -0.05) is 46.3 Å². The van der Waals surface area contributed by atoms with E-state index in [1.807, 2.05) is 20.8 Å². The Kier molecular flexibility index (Phi) is 18.1. The zero-order valence-corrected chi connectivity index (χ0v) is 44.7. The molecule has 8 fully saturated rings. The molecule has 75 heavy (non-hydrogen) atoms. The molecule has 22 nitrogen and oxygen atoms in total. The number of rotatable bonds is 15. The molecule has 4 heterocycles. The number of hydrogen-bond donors (Lipinski definition) is 14. The molecular formula is C53H90O22. The average molecular weight is 1080 g/mol. The second-order valence-electron chi connectivity index (χ2n) is 25.3. The summed E-state index contributed by atoms with van der Waals surface area (Å²) in [5, 5.41) is 151. The van der Waals surface area contributed by atoms with E-state index in [4.69, 9.17) is 37.9 Å². The van der Waals surface area contributed by atoms with Crippen LogP contribution in [-0.4, -0.2) is 232 Å². The average Bonchev–Trinajstić information content (AvgIpc) is 3.75. The minimum atomic E-state index is -1.81. The van der Waals surface area contributed by atoms with E-state index >= 15 is 0 Å². The van der Waals surface area contributed by atoms with Gasteiger partial charge in [-0.25, -0.2) is 0 Å². The van der Waals surface area contributed by atoms with Gasteiger partial charge in [0.1, 0.15) is 91.6 Å². The highest BCUT2D eigenvalue weighted by atomic mass is 16.8. The van der Waals surface area contributed by atoms with Gasteiger partial charge in [0.25, 0.3) is 0 Å². The zero-order chi connectivity index (χ0) is 55.1. The van der Waals surface area contributed by atoms with E-state index in [-0.39, 0.29) is 41.1 Å². The summed E-state index contributed by atoms with van der Waals surface area (Å²) in [5.41, 5.74) is -1.48. The van der Waals surface area contributed by atoms with Crippen LogP contribution in [0.5, 0.6) is 0 Å². The summed E-state index contributed by atoms with van der Waals surface area (Å²) in [5.74, 6) is -0.395. The molecule has 0 aromatic rings. The van der Waals surface area contributed by atoms with Crippen molar-refractivity contribution in [1.82, 2.24) is 0 Å². The van der Waals surface area contributed by atoms with Crippen LogP contribution in [0.4, 0.5) is 0 Å². The van der Waals surface area contributed by atoms with Crippen LogP contribution >= 0.6 is 0 Å². The molecule has 4 aliphatic carbocycles. The third-order valence-corrected chi connectivity index (χ3v) is 20.5. The molecule has 29 atom stereocenters. The fourth-order valence-electron chi connectivity index (χ4n) is 16.0. The maximum atomic E-state index is 12.8. The van der Waals surface area contributed by atoms with Crippen molar-refractivity contribution in [3.05, 3.63) is 11.6 Å². The van der Waals surface area contributed by atoms with Gasteiger partial charge in [0.15, 0.2) is 25.2 Å². The Balaban J connectivity index is 1.01. The molecule has 14 N–H and O–H groups in total. The molecule has 434 valence electrons. The summed E-state index contributed by atoms with van der Waals surface area (Å²) in [6.45, 7) is 15.1. The van der Waals surface area contributed by atoms with Gasteiger partial charge in [-0.3, -0.25) is 0 Å². The third kappa shape index (κ3) is 10.6. The van der Waals surface area contributed by atoms with E-state index < -0.39 is 165 Å². The summed E-state index contributed by atoms with van der Waals surface area (Å²) >= 11 is 0. The van der Waals surface area contributed by atoms with Crippen molar-refractivity contribution >= 4 is 0 Å². The van der Waals surface area contributed by atoms with Crippen LogP contribution in [0.2, 0.25) is 0 Å². The van der Waals surface area contributed by atoms with Crippen molar-refractivity contribution < 1.29 is 109 Å². The molecule has 0 bridgehead atoms. The maximum Gasteiger partial charge on any atom is 0.187 e. The Morgan fingerprint density at radius 2 is 1.16 bits per heavy atom. The first kappa shape index (κ1) is 60.0. The Morgan fingerprint density at radius 1 is 0.587 bits per heavy atom. The molecule has 4 aliphatic heterocycles. The van der Waals surface area contributed by atoms with Crippen molar-refractivity contribution in [3.8, 4) is 0 Å². The predicted octanol–water partition coefficient (Wildman–Crippen LogP) is -1.56. The molecular weight excluding hydrogens is 989 g/mol. The summed E-state index contributed by atoms with van der Waals surface area (Å²) < 4.78 is 48.8. The van der Waals surface area contributed by atoms with Gasteiger partial charge in [-0.05, 0) is 124 Å². The lowest BCUT2D eigenvalue weighted by molar-refractivity contribution is -0.378. The summed E-state index contributed by atoms with van der Waals surface area (Å²) in [7, 11) is 0. The van der Waals surface area contributed by atoms with Crippen LogP contribution in [0.15, 0.2) is 11.6 Å². The Hall–Kier alpha value is -1.14. The topological polar surface area (TPSA) is 357 Å². The quantitative estimate of drug-likeness (QED) is 0.0651. The lowest BCUT2D eigenvalue weighted by Gasteiger charge is -2.71. The van der Waals surface area contributed by atoms with E-state index in [1.165, 1.54) is 0 Å². The highest BCUT2D eigenvalue weighted by molar-refractivity contribution is 5.20. The van der Waals surface area contributed by atoms with Crippen molar-refractivity contribution in [2.24, 2.45) is 45.3 Å². The van der Waals surface area contributed by atoms with Crippen LogP contribution in [0.25, 0.3) is 0 Å². The number of aliphatic hydroxyl groups is 14. The van der Waals surface area contributed by atoms with Crippen molar-refractivity contribution in [2.75, 3.05) is 26.4 Å². The lowest BCUT2D eigenvalue weighted by Crippen LogP contribution is -2.68. The van der Waals surface area contributed by atoms with Gasteiger partial charge < -0.3 is 109 Å². The zero-order valence-electron chi connectivity index (χ0n) is 44.7. The van der Waals surface area contributed by atoms with E-state index in [0.717, 1.165) is 24.8 Å². The normalized spacial score (nSPS) is 52.7. The summed E-state index contributed by atoms with van der Waals surface area (Å²) in [4.78, 5) is 0. The van der Waals surface area contributed by atoms with Crippen LogP contribution in [0.1, 0.15) is 113 Å². The van der Waals surface area contributed by atoms with Gasteiger partial charge in [0.05, 0.1) is 44.2 Å². The summed E-state index contributed by atoms with van der Waals surface area (Å²) in [6, 6.07) is 0. The van der Waals surface area contributed by atoms with Gasteiger partial charge in [0, 0.05) is 0 Å². The van der Waals surface area contributed by atoms with E-state index in [0.29, 0.717) is 38.5 Å². The highest BCUT2D eigenvalue weighted by Gasteiger charge is 2.72. The standard InChI is InChI=1S/C53H90O22/c1-23(2)10-9-14-53(8,75-47-43(67)39(63)37(61)29(72-47)22-69-45-41(65)34(58)26(57)21-68-45)24-11-16-52(7)33(24)25(56)18-31-50(5)15-13-32(49(3,4)30(50)12-17-51(31,52)6)73-48-44(40(64)36(60)28(20-55)71-48)74-46-42(66)38(62)35(59)27(19-54)70-46/h10,24-48,54-67H,9,11-22H2,1-8H3/t24-,25+,26+,27+,28+,29+,30-,31+,32-,33-,34+,35+,36+,37+,38-,39-,40-,41+,42+,43+,44+,45+,46-,47-,48-,50-,51+,52+,53-/m0/s1.